The summed E-state index contributed by atoms with van der Waals surface area (Å²) in [5, 5.41) is 0. The number of hydrogen-bond donors (Lipinski definition) is 0. The number of benzene rings is 8. The predicted molar refractivity (Wildman–Crippen MR) is 228 cm³/mol. The number of anilines is 9. The molecule has 8 aromatic rings. The second-order valence-electron chi connectivity index (χ2n) is 15.0. The summed E-state index contributed by atoms with van der Waals surface area (Å²) >= 11 is 0. The van der Waals surface area contributed by atoms with Crippen molar-refractivity contribution in [2.75, 3.05) is 14.7 Å². The maximum absolute atomic E-state index is 6.49. The van der Waals surface area contributed by atoms with Crippen molar-refractivity contribution in [1.29, 1.82) is 0 Å². The minimum atomic E-state index is -0.153. The van der Waals surface area contributed by atoms with Gasteiger partial charge in [-0.15, -0.1) is 0 Å². The first-order chi connectivity index (χ1) is 27.5. The number of fused-ring (bicyclic) bond motifs is 7. The maximum atomic E-state index is 6.49. The lowest BCUT2D eigenvalue weighted by molar-refractivity contribution is 0.477. The molecule has 1 aliphatic carbocycles. The van der Waals surface area contributed by atoms with Gasteiger partial charge < -0.3 is 24.2 Å². The first-order valence-corrected chi connectivity index (χ1v) is 19.1. The van der Waals surface area contributed by atoms with E-state index in [4.69, 9.17) is 9.47 Å². The second-order valence-corrected chi connectivity index (χ2v) is 15.0. The van der Waals surface area contributed by atoms with Gasteiger partial charge in [0.05, 0.1) is 39.8 Å². The molecule has 0 N–H and O–H groups in total. The van der Waals surface area contributed by atoms with Gasteiger partial charge >= 0.3 is 0 Å². The zero-order chi connectivity index (χ0) is 37.4. The zero-order valence-electron chi connectivity index (χ0n) is 31.1. The Morgan fingerprint density at radius 3 is 1.36 bits per heavy atom. The van der Waals surface area contributed by atoms with Gasteiger partial charge in [-0.05, 0) is 113 Å². The molecule has 0 unspecified atom stereocenters. The molecule has 8 aromatic carbocycles. The molecular formula is C51H37N3O2. The van der Waals surface area contributed by atoms with Gasteiger partial charge in [-0.25, -0.2) is 0 Å². The third-order valence-electron chi connectivity index (χ3n) is 11.4. The van der Waals surface area contributed by atoms with E-state index in [1.807, 2.05) is 48.5 Å². The summed E-state index contributed by atoms with van der Waals surface area (Å²) < 4.78 is 13.0. The monoisotopic (exact) mass is 723 g/mol. The molecule has 0 fully saturated rings. The molecular weight excluding hydrogens is 687 g/mol. The fourth-order valence-corrected chi connectivity index (χ4v) is 8.79. The molecule has 56 heavy (non-hydrogen) atoms. The maximum Gasteiger partial charge on any atom is 0.151 e. The number of nitrogens with zero attached hydrogens (tertiary/aromatic N) is 3. The lowest BCUT2D eigenvalue weighted by atomic mass is 9.82. The van der Waals surface area contributed by atoms with Gasteiger partial charge in [0.1, 0.15) is 0 Å². The van der Waals surface area contributed by atoms with Crippen LogP contribution in [0.5, 0.6) is 23.0 Å². The Labute approximate surface area is 326 Å². The Hall–Kier alpha value is -7.24. The van der Waals surface area contributed by atoms with Crippen molar-refractivity contribution in [1.82, 2.24) is 0 Å². The van der Waals surface area contributed by atoms with E-state index in [1.165, 1.54) is 22.3 Å². The minimum Gasteiger partial charge on any atom is -0.453 e. The quantitative estimate of drug-likeness (QED) is 0.176. The molecule has 0 radical (unpaired) electrons. The van der Waals surface area contributed by atoms with Crippen LogP contribution in [-0.2, 0) is 5.41 Å². The average molecular weight is 724 g/mol. The molecule has 268 valence electrons. The van der Waals surface area contributed by atoms with Crippen molar-refractivity contribution < 1.29 is 9.47 Å². The summed E-state index contributed by atoms with van der Waals surface area (Å²) in [7, 11) is 0. The van der Waals surface area contributed by atoms with Crippen molar-refractivity contribution in [3.05, 3.63) is 199 Å². The number of para-hydroxylation sites is 9. The van der Waals surface area contributed by atoms with Crippen LogP contribution in [0.4, 0.5) is 51.2 Å². The zero-order valence-corrected chi connectivity index (χ0v) is 31.1. The van der Waals surface area contributed by atoms with Crippen LogP contribution in [0.3, 0.4) is 0 Å². The van der Waals surface area contributed by atoms with E-state index in [0.717, 1.165) is 74.2 Å². The van der Waals surface area contributed by atoms with Gasteiger partial charge in [0.25, 0.3) is 0 Å². The number of hydrogen-bond acceptors (Lipinski definition) is 5. The molecule has 2 aliphatic heterocycles. The lowest BCUT2D eigenvalue weighted by Gasteiger charge is -2.37. The Morgan fingerprint density at radius 1 is 0.375 bits per heavy atom. The van der Waals surface area contributed by atoms with Crippen molar-refractivity contribution >= 4 is 51.2 Å². The summed E-state index contributed by atoms with van der Waals surface area (Å²) in [4.78, 5) is 7.04. The summed E-state index contributed by atoms with van der Waals surface area (Å²) in [6.07, 6.45) is 0. The Kier molecular flexibility index (Phi) is 7.13. The molecule has 2 heterocycles. The van der Waals surface area contributed by atoms with E-state index in [0.29, 0.717) is 0 Å². The van der Waals surface area contributed by atoms with Crippen LogP contribution in [-0.4, -0.2) is 0 Å². The van der Waals surface area contributed by atoms with Crippen LogP contribution in [0.25, 0.3) is 11.1 Å². The second kappa shape index (κ2) is 12.4. The summed E-state index contributed by atoms with van der Waals surface area (Å²) in [6, 6.07) is 66.5. The van der Waals surface area contributed by atoms with E-state index in [1.54, 1.807) is 0 Å². The smallest absolute Gasteiger partial charge is 0.151 e. The van der Waals surface area contributed by atoms with E-state index in [2.05, 4.69) is 168 Å². The molecule has 0 bridgehead atoms. The standard InChI is InChI=1S/C51H37N3O2/c1-51(2)41-19-7-6-18-39(41)40-29-28-35(33-42(40)51)52(34-16-4-3-5-17-34)36-30-37(53-43-20-8-12-24-47(43)55-48-25-13-9-21-44(48)53)32-38(31-36)54-45-22-10-14-26-49(45)56-50-27-15-11-23-46(50)54/h3-33H,1-2H3. The van der Waals surface area contributed by atoms with Crippen molar-refractivity contribution in [2.24, 2.45) is 0 Å². The molecule has 0 amide bonds. The van der Waals surface area contributed by atoms with Gasteiger partial charge in [-0.2, -0.15) is 0 Å². The van der Waals surface area contributed by atoms with Crippen LogP contribution in [0, 0.1) is 0 Å². The van der Waals surface area contributed by atoms with Gasteiger partial charge in [0.15, 0.2) is 23.0 Å². The van der Waals surface area contributed by atoms with E-state index in [9.17, 15) is 0 Å². The minimum absolute atomic E-state index is 0.153. The highest BCUT2D eigenvalue weighted by Crippen LogP contribution is 2.56. The van der Waals surface area contributed by atoms with Gasteiger partial charge in [-0.1, -0.05) is 111 Å². The van der Waals surface area contributed by atoms with E-state index < -0.39 is 0 Å². The molecule has 5 heteroatoms. The first kappa shape index (κ1) is 32.2. The topological polar surface area (TPSA) is 28.2 Å². The molecule has 0 atom stereocenters. The van der Waals surface area contributed by atoms with Crippen LogP contribution in [0.15, 0.2) is 188 Å². The van der Waals surface area contributed by atoms with E-state index in [-0.39, 0.29) is 5.41 Å². The van der Waals surface area contributed by atoms with Crippen LogP contribution < -0.4 is 24.2 Å². The molecule has 0 spiro atoms. The molecule has 0 saturated carbocycles. The number of rotatable bonds is 5. The first-order valence-electron chi connectivity index (χ1n) is 19.1. The third kappa shape index (κ3) is 4.94. The normalized spacial score (nSPS) is 13.9. The summed E-state index contributed by atoms with van der Waals surface area (Å²) in [5.74, 6) is 3.22. The van der Waals surface area contributed by atoms with Crippen molar-refractivity contribution in [2.45, 2.75) is 19.3 Å². The summed E-state index contributed by atoms with van der Waals surface area (Å²) in [5.41, 5.74) is 14.2. The highest BCUT2D eigenvalue weighted by Gasteiger charge is 2.36. The highest BCUT2D eigenvalue weighted by atomic mass is 16.5. The number of ether oxygens (including phenoxy) is 2. The van der Waals surface area contributed by atoms with Gasteiger partial charge in [-0.3, -0.25) is 0 Å². The predicted octanol–water partition coefficient (Wildman–Crippen LogP) is 14.6. The van der Waals surface area contributed by atoms with Crippen LogP contribution >= 0.6 is 0 Å². The Balaban J connectivity index is 1.19. The van der Waals surface area contributed by atoms with Crippen LogP contribution in [0.1, 0.15) is 25.0 Å². The molecule has 11 rings (SSSR count). The Morgan fingerprint density at radius 2 is 0.821 bits per heavy atom. The SMILES string of the molecule is CC1(C)c2ccccc2-c2ccc(N(c3ccccc3)c3cc(N4c5ccccc5Oc5ccccc54)cc(N4c5ccccc5Oc5ccccc54)c3)cc21. The molecule has 0 saturated heterocycles. The van der Waals surface area contributed by atoms with Crippen molar-refractivity contribution in [3.8, 4) is 34.1 Å². The molecule has 5 nitrogen and oxygen atoms in total. The fourth-order valence-electron chi connectivity index (χ4n) is 8.79. The molecule has 0 aromatic heterocycles. The Bertz CT molecular complexity index is 2620. The summed E-state index contributed by atoms with van der Waals surface area (Å²) in [6.45, 7) is 4.68. The largest absolute Gasteiger partial charge is 0.453 e. The van der Waals surface area contributed by atoms with Crippen LogP contribution in [0.2, 0.25) is 0 Å². The average Bonchev–Trinajstić information content (AvgIpc) is 3.47. The highest BCUT2D eigenvalue weighted by molar-refractivity contribution is 5.95. The van der Waals surface area contributed by atoms with E-state index >= 15 is 0 Å². The fraction of sp³-hybridized carbons (Fsp3) is 0.0588. The van der Waals surface area contributed by atoms with Crippen molar-refractivity contribution in [3.63, 3.8) is 0 Å². The lowest BCUT2D eigenvalue weighted by Crippen LogP contribution is -2.20. The molecule has 3 aliphatic rings. The van der Waals surface area contributed by atoms with Gasteiger partial charge in [0.2, 0.25) is 0 Å². The third-order valence-corrected chi connectivity index (χ3v) is 11.4. The van der Waals surface area contributed by atoms with Gasteiger partial charge in [0, 0.05) is 16.8 Å².